The van der Waals surface area contributed by atoms with Crippen molar-refractivity contribution in [3.05, 3.63) is 32.8 Å². The van der Waals surface area contributed by atoms with Crippen molar-refractivity contribution in [2.45, 2.75) is 31.8 Å². The Kier molecular flexibility index (Phi) is 6.04. The molecule has 0 amide bonds. The zero-order valence-electron chi connectivity index (χ0n) is 9.46. The van der Waals surface area contributed by atoms with Crippen LogP contribution in [-0.4, -0.2) is 22.9 Å². The summed E-state index contributed by atoms with van der Waals surface area (Å²) in [7, 11) is 0. The van der Waals surface area contributed by atoms with Gasteiger partial charge in [-0.05, 0) is 36.5 Å². The van der Waals surface area contributed by atoms with Crippen molar-refractivity contribution in [3.63, 3.8) is 0 Å². The van der Waals surface area contributed by atoms with Gasteiger partial charge < -0.3 is 10.2 Å². The van der Waals surface area contributed by atoms with E-state index in [0.717, 1.165) is 12.0 Å². The fourth-order valence-corrected chi connectivity index (χ4v) is 2.65. The molecule has 2 atom stereocenters. The second-order valence-corrected chi connectivity index (χ2v) is 5.13. The summed E-state index contributed by atoms with van der Waals surface area (Å²) in [5, 5.41) is 19.8. The van der Waals surface area contributed by atoms with Crippen molar-refractivity contribution >= 4 is 34.8 Å². The highest BCUT2D eigenvalue weighted by Gasteiger charge is 2.21. The van der Waals surface area contributed by atoms with E-state index >= 15 is 0 Å². The van der Waals surface area contributed by atoms with E-state index in [2.05, 4.69) is 0 Å². The Balaban J connectivity index is 3.07. The molecule has 2 unspecified atom stereocenters. The molecule has 0 aromatic heterocycles. The summed E-state index contributed by atoms with van der Waals surface area (Å²) in [6.07, 6.45) is 0.398. The molecule has 1 aromatic carbocycles. The maximum Gasteiger partial charge on any atom is 0.0776 e. The molecule has 5 heteroatoms. The number of rotatable bonds is 5. The van der Waals surface area contributed by atoms with Gasteiger partial charge in [-0.25, -0.2) is 0 Å². The minimum absolute atomic E-state index is 0.0177. The molecule has 96 valence electrons. The summed E-state index contributed by atoms with van der Waals surface area (Å²) in [4.78, 5) is 0. The Labute approximate surface area is 116 Å². The van der Waals surface area contributed by atoms with Crippen molar-refractivity contribution in [2.24, 2.45) is 0 Å². The molecule has 1 aromatic rings. The van der Waals surface area contributed by atoms with Crippen LogP contribution in [0.15, 0.2) is 12.1 Å². The van der Waals surface area contributed by atoms with Crippen LogP contribution in [0.1, 0.15) is 31.2 Å². The lowest BCUT2D eigenvalue weighted by Gasteiger charge is -2.21. The molecule has 0 aliphatic carbocycles. The molecule has 0 radical (unpaired) electrons. The molecular formula is C12H15Cl3O2. The molecule has 0 saturated carbocycles. The van der Waals surface area contributed by atoms with Gasteiger partial charge in [0.15, 0.2) is 0 Å². The van der Waals surface area contributed by atoms with Crippen LogP contribution in [0.3, 0.4) is 0 Å². The summed E-state index contributed by atoms with van der Waals surface area (Å²) in [5.74, 6) is -0.0177. The van der Waals surface area contributed by atoms with Gasteiger partial charge in [-0.15, -0.1) is 0 Å². The fourth-order valence-electron chi connectivity index (χ4n) is 1.81. The smallest absolute Gasteiger partial charge is 0.0776 e. The van der Waals surface area contributed by atoms with Crippen LogP contribution in [0.4, 0.5) is 0 Å². The standard InChI is InChI=1S/C12H15Cl3O2/c1-2-7(5-8(17)6-16)11-9(13)3-4-10(14)12(11)15/h3-4,7-8,16-17H,2,5-6H2,1H3. The maximum absolute atomic E-state index is 9.50. The Bertz CT molecular complexity index is 382. The third-order valence-corrected chi connectivity index (χ3v) is 3.90. The van der Waals surface area contributed by atoms with Gasteiger partial charge in [0.2, 0.25) is 0 Å². The van der Waals surface area contributed by atoms with Gasteiger partial charge in [0.05, 0.1) is 22.8 Å². The second kappa shape index (κ2) is 6.81. The molecule has 2 N–H and O–H groups in total. The van der Waals surface area contributed by atoms with Crippen molar-refractivity contribution in [3.8, 4) is 0 Å². The van der Waals surface area contributed by atoms with Crippen LogP contribution >= 0.6 is 34.8 Å². The summed E-state index contributed by atoms with van der Waals surface area (Å²) in [6, 6.07) is 3.34. The number of halogens is 3. The van der Waals surface area contributed by atoms with Crippen molar-refractivity contribution < 1.29 is 10.2 Å². The van der Waals surface area contributed by atoms with Gasteiger partial charge in [0.1, 0.15) is 0 Å². The van der Waals surface area contributed by atoms with Gasteiger partial charge in [-0.3, -0.25) is 0 Å². The van der Waals surface area contributed by atoms with E-state index < -0.39 is 6.10 Å². The summed E-state index contributed by atoms with van der Waals surface area (Å²) in [6.45, 7) is 1.70. The largest absolute Gasteiger partial charge is 0.394 e. The van der Waals surface area contributed by atoms with E-state index in [9.17, 15) is 5.11 Å². The molecule has 1 rings (SSSR count). The van der Waals surface area contributed by atoms with Gasteiger partial charge in [0, 0.05) is 5.02 Å². The maximum atomic E-state index is 9.50. The Morgan fingerprint density at radius 2 is 1.76 bits per heavy atom. The average molecular weight is 298 g/mol. The van der Waals surface area contributed by atoms with E-state index in [4.69, 9.17) is 39.9 Å². The lowest BCUT2D eigenvalue weighted by Crippen LogP contribution is -2.16. The first-order valence-corrected chi connectivity index (χ1v) is 6.56. The molecule has 17 heavy (non-hydrogen) atoms. The van der Waals surface area contributed by atoms with E-state index in [1.807, 2.05) is 6.92 Å². The van der Waals surface area contributed by atoms with E-state index in [1.165, 1.54) is 0 Å². The highest BCUT2D eigenvalue weighted by molar-refractivity contribution is 6.44. The first kappa shape index (κ1) is 15.1. The molecule has 2 nitrogen and oxygen atoms in total. The Morgan fingerprint density at radius 3 is 2.29 bits per heavy atom. The van der Waals surface area contributed by atoms with Crippen LogP contribution in [0.25, 0.3) is 0 Å². The van der Waals surface area contributed by atoms with Gasteiger partial charge >= 0.3 is 0 Å². The quantitative estimate of drug-likeness (QED) is 0.810. The summed E-state index contributed by atoms with van der Waals surface area (Å²) < 4.78 is 0. The van der Waals surface area contributed by atoms with E-state index in [1.54, 1.807) is 12.1 Å². The molecule has 0 aliphatic heterocycles. The molecule has 0 saturated heterocycles. The Morgan fingerprint density at radius 1 is 1.18 bits per heavy atom. The average Bonchev–Trinajstić information content (AvgIpc) is 2.32. The predicted molar refractivity (Wildman–Crippen MR) is 72.2 cm³/mol. The molecule has 0 spiro atoms. The first-order valence-electron chi connectivity index (χ1n) is 5.43. The number of benzene rings is 1. The lowest BCUT2D eigenvalue weighted by molar-refractivity contribution is 0.0818. The van der Waals surface area contributed by atoms with Gasteiger partial charge in [-0.1, -0.05) is 41.7 Å². The van der Waals surface area contributed by atoms with Crippen molar-refractivity contribution in [1.29, 1.82) is 0 Å². The molecular weight excluding hydrogens is 282 g/mol. The Hall–Kier alpha value is 0.01000. The van der Waals surface area contributed by atoms with Crippen molar-refractivity contribution in [2.75, 3.05) is 6.61 Å². The number of hydrogen-bond donors (Lipinski definition) is 2. The third kappa shape index (κ3) is 3.73. The zero-order chi connectivity index (χ0) is 13.0. The first-order chi connectivity index (χ1) is 8.01. The monoisotopic (exact) mass is 296 g/mol. The van der Waals surface area contributed by atoms with Crippen LogP contribution in [0.2, 0.25) is 15.1 Å². The molecule has 0 aliphatic rings. The summed E-state index contributed by atoms with van der Waals surface area (Å²) in [5.41, 5.74) is 0.746. The minimum atomic E-state index is -0.772. The minimum Gasteiger partial charge on any atom is -0.394 e. The van der Waals surface area contributed by atoms with E-state index in [0.29, 0.717) is 21.5 Å². The van der Waals surface area contributed by atoms with Crippen LogP contribution in [0, 0.1) is 0 Å². The number of aliphatic hydroxyl groups excluding tert-OH is 2. The molecule has 0 fully saturated rings. The van der Waals surface area contributed by atoms with E-state index in [-0.39, 0.29) is 12.5 Å². The number of hydrogen-bond acceptors (Lipinski definition) is 2. The van der Waals surface area contributed by atoms with Crippen LogP contribution < -0.4 is 0 Å². The van der Waals surface area contributed by atoms with Crippen LogP contribution in [0.5, 0.6) is 0 Å². The summed E-state index contributed by atoms with van der Waals surface area (Å²) >= 11 is 18.2. The highest BCUT2D eigenvalue weighted by Crippen LogP contribution is 2.39. The highest BCUT2D eigenvalue weighted by atomic mass is 35.5. The number of aliphatic hydroxyl groups is 2. The van der Waals surface area contributed by atoms with Crippen LogP contribution in [-0.2, 0) is 0 Å². The second-order valence-electron chi connectivity index (χ2n) is 3.93. The molecule has 0 bridgehead atoms. The van der Waals surface area contributed by atoms with Gasteiger partial charge in [-0.2, -0.15) is 0 Å². The lowest BCUT2D eigenvalue weighted by atomic mass is 9.91. The third-order valence-electron chi connectivity index (χ3n) is 2.75. The fraction of sp³-hybridized carbons (Fsp3) is 0.500. The molecule has 0 heterocycles. The zero-order valence-corrected chi connectivity index (χ0v) is 11.7. The SMILES string of the molecule is CCC(CC(O)CO)c1c(Cl)ccc(Cl)c1Cl. The van der Waals surface area contributed by atoms with Crippen molar-refractivity contribution in [1.82, 2.24) is 0 Å². The van der Waals surface area contributed by atoms with Gasteiger partial charge in [0.25, 0.3) is 0 Å². The topological polar surface area (TPSA) is 40.5 Å². The predicted octanol–water partition coefficient (Wildman–Crippen LogP) is 3.88. The normalized spacial score (nSPS) is 14.7.